The van der Waals surface area contributed by atoms with Crippen LogP contribution >= 0.6 is 11.3 Å². The standard InChI is InChI=1S/C11H16N2O3S/c1-7(14)5-8-6-17-9(12-8)13-10(15)16-11(2,3)4/h6H,5H2,1-4H3,(H,12,13,15). The third-order valence-corrected chi connectivity index (χ3v) is 2.40. The fourth-order valence-electron chi connectivity index (χ4n) is 1.09. The van der Waals surface area contributed by atoms with Crippen molar-refractivity contribution in [1.82, 2.24) is 4.98 Å². The van der Waals surface area contributed by atoms with Gasteiger partial charge in [-0.2, -0.15) is 0 Å². The van der Waals surface area contributed by atoms with Crippen LogP contribution in [0, 0.1) is 0 Å². The zero-order valence-electron chi connectivity index (χ0n) is 10.4. The summed E-state index contributed by atoms with van der Waals surface area (Å²) in [6.45, 7) is 6.86. The van der Waals surface area contributed by atoms with Crippen molar-refractivity contribution >= 4 is 28.3 Å². The van der Waals surface area contributed by atoms with Gasteiger partial charge in [0.25, 0.3) is 0 Å². The van der Waals surface area contributed by atoms with Crippen molar-refractivity contribution in [1.29, 1.82) is 0 Å². The Balaban J connectivity index is 2.55. The number of hydrogen-bond acceptors (Lipinski definition) is 5. The highest BCUT2D eigenvalue weighted by molar-refractivity contribution is 7.13. The molecule has 0 unspecified atom stereocenters. The average molecular weight is 256 g/mol. The molecule has 0 radical (unpaired) electrons. The highest BCUT2D eigenvalue weighted by Crippen LogP contribution is 2.17. The summed E-state index contributed by atoms with van der Waals surface area (Å²) in [5.41, 5.74) is 0.123. The largest absolute Gasteiger partial charge is 0.444 e. The molecule has 0 aromatic carbocycles. The van der Waals surface area contributed by atoms with Crippen LogP contribution < -0.4 is 5.32 Å². The lowest BCUT2D eigenvalue weighted by Crippen LogP contribution is -2.27. The molecule has 17 heavy (non-hydrogen) atoms. The minimum absolute atomic E-state index is 0.0409. The number of anilines is 1. The minimum Gasteiger partial charge on any atom is -0.444 e. The fourth-order valence-corrected chi connectivity index (χ4v) is 1.79. The summed E-state index contributed by atoms with van der Waals surface area (Å²) < 4.78 is 5.08. The number of ketones is 1. The molecule has 1 heterocycles. The number of aromatic nitrogens is 1. The van der Waals surface area contributed by atoms with E-state index in [0.717, 1.165) is 0 Å². The van der Waals surface area contributed by atoms with E-state index < -0.39 is 11.7 Å². The average Bonchev–Trinajstić information content (AvgIpc) is 2.46. The van der Waals surface area contributed by atoms with Gasteiger partial charge >= 0.3 is 6.09 Å². The molecule has 1 aromatic heterocycles. The van der Waals surface area contributed by atoms with Gasteiger partial charge in [-0.3, -0.25) is 10.1 Å². The number of carbonyl (C=O) groups is 2. The first-order chi connectivity index (χ1) is 7.76. The van der Waals surface area contributed by atoms with Crippen molar-refractivity contribution in [3.63, 3.8) is 0 Å². The lowest BCUT2D eigenvalue weighted by molar-refractivity contribution is -0.116. The van der Waals surface area contributed by atoms with Crippen LogP contribution in [0.1, 0.15) is 33.4 Å². The second kappa shape index (κ2) is 5.27. The fraction of sp³-hybridized carbons (Fsp3) is 0.545. The molecule has 94 valence electrons. The molecular weight excluding hydrogens is 240 g/mol. The highest BCUT2D eigenvalue weighted by Gasteiger charge is 2.17. The lowest BCUT2D eigenvalue weighted by atomic mass is 10.2. The maximum absolute atomic E-state index is 11.4. The van der Waals surface area contributed by atoms with E-state index >= 15 is 0 Å². The van der Waals surface area contributed by atoms with Gasteiger partial charge in [0.05, 0.1) is 5.69 Å². The van der Waals surface area contributed by atoms with Crippen molar-refractivity contribution in [2.24, 2.45) is 0 Å². The molecule has 0 bridgehead atoms. The molecule has 1 rings (SSSR count). The Morgan fingerprint density at radius 2 is 2.12 bits per heavy atom. The van der Waals surface area contributed by atoms with Crippen molar-refractivity contribution in [2.45, 2.75) is 39.7 Å². The van der Waals surface area contributed by atoms with Gasteiger partial charge in [0.2, 0.25) is 0 Å². The molecule has 0 aliphatic carbocycles. The van der Waals surface area contributed by atoms with E-state index in [-0.39, 0.29) is 12.2 Å². The Morgan fingerprint density at radius 3 is 2.65 bits per heavy atom. The number of carbonyl (C=O) groups excluding carboxylic acids is 2. The van der Waals surface area contributed by atoms with E-state index in [0.29, 0.717) is 10.8 Å². The first-order valence-corrected chi connectivity index (χ1v) is 6.08. The van der Waals surface area contributed by atoms with Crippen LogP contribution in [0.15, 0.2) is 5.38 Å². The highest BCUT2D eigenvalue weighted by atomic mass is 32.1. The van der Waals surface area contributed by atoms with Crippen LogP contribution in [-0.2, 0) is 16.0 Å². The zero-order chi connectivity index (χ0) is 13.1. The number of ether oxygens (including phenoxy) is 1. The summed E-state index contributed by atoms with van der Waals surface area (Å²) in [7, 11) is 0. The predicted octanol–water partition coefficient (Wildman–Crippen LogP) is 2.62. The maximum atomic E-state index is 11.4. The van der Waals surface area contributed by atoms with Crippen LogP contribution in [0.4, 0.5) is 9.93 Å². The Labute approximate surface area is 104 Å². The van der Waals surface area contributed by atoms with E-state index in [1.807, 2.05) is 0 Å². The van der Waals surface area contributed by atoms with E-state index in [2.05, 4.69) is 10.3 Å². The van der Waals surface area contributed by atoms with Crippen molar-refractivity contribution in [3.05, 3.63) is 11.1 Å². The zero-order valence-corrected chi connectivity index (χ0v) is 11.2. The molecule has 0 saturated heterocycles. The molecule has 0 saturated carbocycles. The number of nitrogens with zero attached hydrogens (tertiary/aromatic N) is 1. The molecule has 5 nitrogen and oxygen atoms in total. The Bertz CT molecular complexity index is 421. The molecule has 1 N–H and O–H groups in total. The molecule has 0 fully saturated rings. The SMILES string of the molecule is CC(=O)Cc1csc(NC(=O)OC(C)(C)C)n1. The molecule has 0 atom stereocenters. The van der Waals surface area contributed by atoms with E-state index in [1.165, 1.54) is 18.3 Å². The smallest absolute Gasteiger partial charge is 0.413 e. The first kappa shape index (κ1) is 13.6. The van der Waals surface area contributed by atoms with Gasteiger partial charge in [-0.1, -0.05) is 0 Å². The van der Waals surface area contributed by atoms with E-state index in [4.69, 9.17) is 4.74 Å². The third kappa shape index (κ3) is 5.44. The van der Waals surface area contributed by atoms with E-state index in [9.17, 15) is 9.59 Å². The van der Waals surface area contributed by atoms with Gasteiger partial charge in [-0.15, -0.1) is 11.3 Å². The summed E-state index contributed by atoms with van der Waals surface area (Å²) in [6.07, 6.45) is -0.256. The van der Waals surface area contributed by atoms with Crippen molar-refractivity contribution in [3.8, 4) is 0 Å². The minimum atomic E-state index is -0.541. The number of thiazole rings is 1. The predicted molar refractivity (Wildman–Crippen MR) is 66.4 cm³/mol. The number of Topliss-reactive ketones (excluding diaryl/α,β-unsaturated/α-hetero) is 1. The molecule has 0 aliphatic heterocycles. The van der Waals surface area contributed by atoms with Gasteiger partial charge in [-0.05, 0) is 27.7 Å². The number of hydrogen-bond donors (Lipinski definition) is 1. The van der Waals surface area contributed by atoms with Crippen LogP contribution in [0.25, 0.3) is 0 Å². The quantitative estimate of drug-likeness (QED) is 0.902. The molecule has 0 spiro atoms. The monoisotopic (exact) mass is 256 g/mol. The van der Waals surface area contributed by atoms with Crippen LogP contribution in [0.5, 0.6) is 0 Å². The summed E-state index contributed by atoms with van der Waals surface area (Å²) in [5, 5.41) is 4.71. The van der Waals surface area contributed by atoms with Crippen LogP contribution in [0.3, 0.4) is 0 Å². The van der Waals surface area contributed by atoms with Crippen LogP contribution in [-0.4, -0.2) is 22.5 Å². The third-order valence-electron chi connectivity index (χ3n) is 1.59. The van der Waals surface area contributed by atoms with Gasteiger partial charge in [0.1, 0.15) is 11.4 Å². The first-order valence-electron chi connectivity index (χ1n) is 5.20. The summed E-state index contributed by atoms with van der Waals surface area (Å²) >= 11 is 1.27. The van der Waals surface area contributed by atoms with Crippen molar-refractivity contribution in [2.75, 3.05) is 5.32 Å². The molecule has 1 amide bonds. The van der Waals surface area contributed by atoms with Crippen molar-refractivity contribution < 1.29 is 14.3 Å². The second-order valence-corrected chi connectivity index (χ2v) is 5.51. The van der Waals surface area contributed by atoms with Gasteiger partial charge < -0.3 is 4.74 Å². The summed E-state index contributed by atoms with van der Waals surface area (Å²) in [6, 6.07) is 0. The lowest BCUT2D eigenvalue weighted by Gasteiger charge is -2.18. The topological polar surface area (TPSA) is 68.3 Å². The Hall–Kier alpha value is -1.43. The number of nitrogens with one attached hydrogen (secondary N) is 1. The molecule has 0 aliphatic rings. The van der Waals surface area contributed by atoms with Gasteiger partial charge in [0.15, 0.2) is 5.13 Å². The Kier molecular flexibility index (Phi) is 4.22. The summed E-state index contributed by atoms with van der Waals surface area (Å²) in [5.74, 6) is 0.0409. The second-order valence-electron chi connectivity index (χ2n) is 4.65. The van der Waals surface area contributed by atoms with Crippen LogP contribution in [0.2, 0.25) is 0 Å². The maximum Gasteiger partial charge on any atom is 0.413 e. The molecule has 6 heteroatoms. The Morgan fingerprint density at radius 1 is 1.47 bits per heavy atom. The molecule has 1 aromatic rings. The van der Waals surface area contributed by atoms with E-state index in [1.54, 1.807) is 26.2 Å². The number of amides is 1. The van der Waals surface area contributed by atoms with Gasteiger partial charge in [-0.25, -0.2) is 9.78 Å². The number of rotatable bonds is 3. The molecular formula is C11H16N2O3S. The normalized spacial score (nSPS) is 11.1. The van der Waals surface area contributed by atoms with Gasteiger partial charge in [0, 0.05) is 11.8 Å². The summed E-state index contributed by atoms with van der Waals surface area (Å²) in [4.78, 5) is 26.4.